The van der Waals surface area contributed by atoms with Crippen LogP contribution in [0.3, 0.4) is 0 Å². The third-order valence-corrected chi connectivity index (χ3v) is 6.28. The first-order valence-electron chi connectivity index (χ1n) is 10.5. The van der Waals surface area contributed by atoms with E-state index in [0.717, 1.165) is 46.0 Å². The fraction of sp³-hybridized carbons (Fsp3) is 0.120. The van der Waals surface area contributed by atoms with Crippen molar-refractivity contribution in [3.8, 4) is 5.75 Å². The number of benzene rings is 3. The number of hydrogen-bond acceptors (Lipinski definition) is 6. The molecule has 1 saturated heterocycles. The lowest BCUT2D eigenvalue weighted by Gasteiger charge is -2.16. The molecule has 0 radical (unpaired) electrons. The molecule has 1 amide bonds. The molecule has 36 heavy (non-hydrogen) atoms. The number of ether oxygens (including phenoxy) is 1. The molecule has 0 aliphatic carbocycles. The Labute approximate surface area is 207 Å². The van der Waals surface area contributed by atoms with E-state index in [1.54, 1.807) is 0 Å². The van der Waals surface area contributed by atoms with Crippen molar-refractivity contribution in [1.82, 2.24) is 0 Å². The van der Waals surface area contributed by atoms with E-state index in [-0.39, 0.29) is 39.4 Å². The van der Waals surface area contributed by atoms with Gasteiger partial charge in [0.2, 0.25) is 0 Å². The van der Waals surface area contributed by atoms with Crippen LogP contribution in [0, 0.1) is 22.4 Å². The summed E-state index contributed by atoms with van der Waals surface area (Å²) in [6.07, 6.45) is -3.27. The zero-order chi connectivity index (χ0) is 26.0. The molecule has 0 saturated carbocycles. The van der Waals surface area contributed by atoms with E-state index in [1.165, 1.54) is 30.3 Å². The van der Waals surface area contributed by atoms with Gasteiger partial charge in [-0.2, -0.15) is 13.2 Å². The first-order valence-corrected chi connectivity index (χ1v) is 11.3. The highest BCUT2D eigenvalue weighted by Gasteiger charge is 2.36. The molecular formula is C25H18F3N3O4S. The molecule has 0 bridgehead atoms. The van der Waals surface area contributed by atoms with E-state index in [0.29, 0.717) is 0 Å². The maximum atomic E-state index is 13.1. The summed E-state index contributed by atoms with van der Waals surface area (Å²) in [6, 6.07) is 15.6. The fourth-order valence-electron chi connectivity index (χ4n) is 3.51. The number of anilines is 1. The summed E-state index contributed by atoms with van der Waals surface area (Å²) in [5.41, 5.74) is 0.835. The van der Waals surface area contributed by atoms with Crippen LogP contribution in [0.5, 0.6) is 5.75 Å². The van der Waals surface area contributed by atoms with Crippen LogP contribution in [0.2, 0.25) is 0 Å². The molecule has 184 valence electrons. The average Bonchev–Trinajstić information content (AvgIpc) is 3.11. The smallest absolute Gasteiger partial charge is 0.416 e. The number of nitrogens with zero attached hydrogens (tertiary/aromatic N) is 2. The number of nitro benzene ring substituents is 1. The SMILES string of the molecule is Cc1ccccc1COc1ccc([N+](=O)[O-])cc1C=C1SC(=N)N(c2cccc(C(F)(F)F)c2)C1=O. The lowest BCUT2D eigenvalue weighted by atomic mass is 10.1. The Balaban J connectivity index is 1.67. The third kappa shape index (κ3) is 5.25. The van der Waals surface area contributed by atoms with E-state index in [1.807, 2.05) is 31.2 Å². The molecule has 1 N–H and O–H groups in total. The fourth-order valence-corrected chi connectivity index (χ4v) is 4.36. The van der Waals surface area contributed by atoms with E-state index >= 15 is 0 Å². The quantitative estimate of drug-likeness (QED) is 0.229. The number of non-ortho nitro benzene ring substituents is 1. The number of nitrogens with one attached hydrogen (secondary N) is 1. The molecule has 1 fully saturated rings. The van der Waals surface area contributed by atoms with Crippen LogP contribution >= 0.6 is 11.8 Å². The number of carbonyl (C=O) groups excluding carboxylic acids is 1. The van der Waals surface area contributed by atoms with Gasteiger partial charge in [-0.3, -0.25) is 25.2 Å². The summed E-state index contributed by atoms with van der Waals surface area (Å²) in [5, 5.41) is 19.2. The molecule has 4 rings (SSSR count). The highest BCUT2D eigenvalue weighted by molar-refractivity contribution is 8.19. The molecule has 11 heteroatoms. The van der Waals surface area contributed by atoms with Crippen LogP contribution in [0.1, 0.15) is 22.3 Å². The molecule has 3 aromatic carbocycles. The van der Waals surface area contributed by atoms with Gasteiger partial charge in [-0.25, -0.2) is 0 Å². The van der Waals surface area contributed by atoms with Crippen LogP contribution < -0.4 is 9.64 Å². The lowest BCUT2D eigenvalue weighted by Crippen LogP contribution is -2.28. The molecular weight excluding hydrogens is 495 g/mol. The van der Waals surface area contributed by atoms with Gasteiger partial charge in [-0.05, 0) is 60.2 Å². The minimum atomic E-state index is -4.61. The second-order valence-electron chi connectivity index (χ2n) is 7.80. The van der Waals surface area contributed by atoms with Crippen molar-refractivity contribution in [2.24, 2.45) is 0 Å². The minimum absolute atomic E-state index is 0.0126. The molecule has 1 aliphatic heterocycles. The Hall–Kier alpha value is -4.12. The maximum absolute atomic E-state index is 13.1. The Kier molecular flexibility index (Phi) is 6.84. The second kappa shape index (κ2) is 9.86. The van der Waals surface area contributed by atoms with Gasteiger partial charge in [0.15, 0.2) is 5.17 Å². The largest absolute Gasteiger partial charge is 0.488 e. The zero-order valence-corrected chi connectivity index (χ0v) is 19.5. The van der Waals surface area contributed by atoms with Gasteiger partial charge in [-0.1, -0.05) is 30.3 Å². The number of amidine groups is 1. The van der Waals surface area contributed by atoms with Crippen LogP contribution in [0.15, 0.2) is 71.6 Å². The van der Waals surface area contributed by atoms with Crippen molar-refractivity contribution in [3.05, 3.63) is 104 Å². The molecule has 0 unspecified atom stereocenters. The van der Waals surface area contributed by atoms with Gasteiger partial charge < -0.3 is 4.74 Å². The van der Waals surface area contributed by atoms with Gasteiger partial charge in [0, 0.05) is 17.7 Å². The van der Waals surface area contributed by atoms with Crippen molar-refractivity contribution >= 4 is 40.3 Å². The molecule has 0 aromatic heterocycles. The molecule has 0 atom stereocenters. The zero-order valence-electron chi connectivity index (χ0n) is 18.7. The number of rotatable bonds is 6. The Morgan fingerprint density at radius 1 is 1.11 bits per heavy atom. The summed E-state index contributed by atoms with van der Waals surface area (Å²) in [7, 11) is 0. The monoisotopic (exact) mass is 513 g/mol. The standard InChI is InChI=1S/C25H18F3N3O4S/c1-15-5-2-3-6-16(15)14-35-21-10-9-20(31(33)34)11-17(21)12-22-23(32)30(24(29)36-22)19-8-4-7-18(13-19)25(26,27)28/h2-13,29H,14H2,1H3. The molecule has 3 aromatic rings. The normalized spacial score (nSPS) is 15.0. The number of carbonyl (C=O) groups is 1. The minimum Gasteiger partial charge on any atom is -0.488 e. The van der Waals surface area contributed by atoms with Gasteiger partial charge in [0.25, 0.3) is 11.6 Å². The maximum Gasteiger partial charge on any atom is 0.416 e. The number of thioether (sulfide) groups is 1. The van der Waals surface area contributed by atoms with Gasteiger partial charge >= 0.3 is 6.18 Å². The van der Waals surface area contributed by atoms with E-state index in [2.05, 4.69) is 0 Å². The Morgan fingerprint density at radius 2 is 1.86 bits per heavy atom. The van der Waals surface area contributed by atoms with E-state index < -0.39 is 22.6 Å². The Bertz CT molecular complexity index is 1410. The van der Waals surface area contributed by atoms with Crippen LogP contribution in [0.25, 0.3) is 6.08 Å². The molecule has 1 heterocycles. The summed E-state index contributed by atoms with van der Waals surface area (Å²) < 4.78 is 45.3. The summed E-state index contributed by atoms with van der Waals surface area (Å²) in [6.45, 7) is 2.09. The molecule has 0 spiro atoms. The first kappa shape index (κ1) is 25.0. The number of amides is 1. The third-order valence-electron chi connectivity index (χ3n) is 5.39. The van der Waals surface area contributed by atoms with Crippen LogP contribution in [-0.2, 0) is 17.6 Å². The number of nitro groups is 1. The van der Waals surface area contributed by atoms with Crippen LogP contribution in [0.4, 0.5) is 24.5 Å². The number of hydrogen-bond donors (Lipinski definition) is 1. The first-order chi connectivity index (χ1) is 17.0. The number of halogens is 3. The highest BCUT2D eigenvalue weighted by atomic mass is 32.2. The van der Waals surface area contributed by atoms with Gasteiger partial charge in [-0.15, -0.1) is 0 Å². The lowest BCUT2D eigenvalue weighted by molar-refractivity contribution is -0.384. The topological polar surface area (TPSA) is 96.5 Å². The van der Waals surface area contributed by atoms with Gasteiger partial charge in [0.05, 0.1) is 21.1 Å². The van der Waals surface area contributed by atoms with Gasteiger partial charge in [0.1, 0.15) is 12.4 Å². The second-order valence-corrected chi connectivity index (χ2v) is 8.83. The molecule has 1 aliphatic rings. The van der Waals surface area contributed by atoms with E-state index in [4.69, 9.17) is 10.1 Å². The summed E-state index contributed by atoms with van der Waals surface area (Å²) in [5.74, 6) is -0.450. The van der Waals surface area contributed by atoms with Crippen molar-refractivity contribution in [1.29, 1.82) is 5.41 Å². The van der Waals surface area contributed by atoms with Crippen molar-refractivity contribution < 1.29 is 27.6 Å². The van der Waals surface area contributed by atoms with Crippen molar-refractivity contribution in [3.63, 3.8) is 0 Å². The predicted molar refractivity (Wildman–Crippen MR) is 131 cm³/mol. The highest BCUT2D eigenvalue weighted by Crippen LogP contribution is 2.39. The van der Waals surface area contributed by atoms with Crippen molar-refractivity contribution in [2.45, 2.75) is 19.7 Å². The van der Waals surface area contributed by atoms with Crippen LogP contribution in [-0.4, -0.2) is 16.0 Å². The predicted octanol–water partition coefficient (Wildman–Crippen LogP) is 6.56. The number of aryl methyl sites for hydroxylation is 1. The molecule has 7 nitrogen and oxygen atoms in total. The summed E-state index contributed by atoms with van der Waals surface area (Å²) in [4.78, 5) is 24.7. The summed E-state index contributed by atoms with van der Waals surface area (Å²) >= 11 is 0.739. The van der Waals surface area contributed by atoms with E-state index in [9.17, 15) is 28.1 Å². The Morgan fingerprint density at radius 3 is 2.56 bits per heavy atom. The average molecular weight is 513 g/mol. The van der Waals surface area contributed by atoms with Crippen molar-refractivity contribution in [2.75, 3.05) is 4.90 Å². The number of alkyl halides is 3.